The summed E-state index contributed by atoms with van der Waals surface area (Å²) in [5, 5.41) is 8.62. The molecule has 1 aliphatic heterocycles. The highest BCUT2D eigenvalue weighted by atomic mass is 16.2. The summed E-state index contributed by atoms with van der Waals surface area (Å²) < 4.78 is 1.98. The Balaban J connectivity index is 2.04. The second-order valence-electron chi connectivity index (χ2n) is 5.62. The van der Waals surface area contributed by atoms with Crippen LogP contribution in [0.15, 0.2) is 24.3 Å². The monoisotopic (exact) mass is 284 g/mol. The summed E-state index contributed by atoms with van der Waals surface area (Å²) in [5.74, 6) is 1.80. The van der Waals surface area contributed by atoms with Crippen molar-refractivity contribution in [3.63, 3.8) is 0 Å². The Kier molecular flexibility index (Phi) is 3.49. The van der Waals surface area contributed by atoms with Gasteiger partial charge in [0.1, 0.15) is 6.04 Å². The fraction of sp³-hybridized carbons (Fsp3) is 0.438. The summed E-state index contributed by atoms with van der Waals surface area (Å²) in [7, 11) is 0. The molecule has 0 unspecified atom stereocenters. The molecule has 5 heteroatoms. The zero-order valence-corrected chi connectivity index (χ0v) is 12.7. The van der Waals surface area contributed by atoms with E-state index >= 15 is 0 Å². The molecular weight excluding hydrogens is 264 g/mol. The normalized spacial score (nSPS) is 18.0. The third-order valence-corrected chi connectivity index (χ3v) is 3.92. The van der Waals surface area contributed by atoms with Gasteiger partial charge >= 0.3 is 0 Å². The average Bonchev–Trinajstić information content (AvgIpc) is 2.88. The quantitative estimate of drug-likeness (QED) is 0.870. The number of hydrogen-bond donors (Lipinski definition) is 0. The van der Waals surface area contributed by atoms with Gasteiger partial charge in [0.15, 0.2) is 11.6 Å². The SMILES string of the molecule is CCCN1Cc2nnc(-c3cccc(C)c3)n2[C@@H](C)C1=O. The van der Waals surface area contributed by atoms with E-state index in [0.29, 0.717) is 6.54 Å². The van der Waals surface area contributed by atoms with Crippen molar-refractivity contribution in [2.24, 2.45) is 0 Å². The number of carbonyl (C=O) groups excluding carboxylic acids is 1. The van der Waals surface area contributed by atoms with Gasteiger partial charge in [-0.3, -0.25) is 9.36 Å². The van der Waals surface area contributed by atoms with Crippen molar-refractivity contribution in [1.82, 2.24) is 19.7 Å². The van der Waals surface area contributed by atoms with E-state index < -0.39 is 0 Å². The van der Waals surface area contributed by atoms with Crippen LogP contribution in [0.1, 0.15) is 37.7 Å². The molecular formula is C16H20N4O. The van der Waals surface area contributed by atoms with Gasteiger partial charge in [-0.15, -0.1) is 10.2 Å². The van der Waals surface area contributed by atoms with Crippen LogP contribution in [0, 0.1) is 6.92 Å². The molecule has 21 heavy (non-hydrogen) atoms. The Labute approximate surface area is 124 Å². The zero-order valence-electron chi connectivity index (χ0n) is 12.7. The van der Waals surface area contributed by atoms with Crippen molar-refractivity contribution >= 4 is 5.91 Å². The number of benzene rings is 1. The topological polar surface area (TPSA) is 51.0 Å². The van der Waals surface area contributed by atoms with E-state index in [1.54, 1.807) is 0 Å². The van der Waals surface area contributed by atoms with Crippen molar-refractivity contribution in [1.29, 1.82) is 0 Å². The maximum Gasteiger partial charge on any atom is 0.245 e. The van der Waals surface area contributed by atoms with Crippen LogP contribution in [0.2, 0.25) is 0 Å². The van der Waals surface area contributed by atoms with Gasteiger partial charge in [-0.05, 0) is 26.3 Å². The smallest absolute Gasteiger partial charge is 0.245 e. The first-order valence-electron chi connectivity index (χ1n) is 7.41. The Morgan fingerprint density at radius 2 is 2.14 bits per heavy atom. The van der Waals surface area contributed by atoms with Gasteiger partial charge in [0, 0.05) is 12.1 Å². The maximum atomic E-state index is 12.5. The van der Waals surface area contributed by atoms with Crippen LogP contribution in [0.5, 0.6) is 0 Å². The highest BCUT2D eigenvalue weighted by Gasteiger charge is 2.32. The molecule has 110 valence electrons. The van der Waals surface area contributed by atoms with Crippen molar-refractivity contribution in [3.05, 3.63) is 35.7 Å². The summed E-state index contributed by atoms with van der Waals surface area (Å²) in [4.78, 5) is 14.3. The summed E-state index contributed by atoms with van der Waals surface area (Å²) in [5.41, 5.74) is 2.18. The number of amides is 1. The molecule has 0 bridgehead atoms. The Bertz CT molecular complexity index is 677. The predicted molar refractivity (Wildman–Crippen MR) is 80.6 cm³/mol. The fourth-order valence-corrected chi connectivity index (χ4v) is 2.90. The molecule has 1 atom stereocenters. The number of aromatic nitrogens is 3. The first-order valence-corrected chi connectivity index (χ1v) is 7.41. The average molecular weight is 284 g/mol. The van der Waals surface area contributed by atoms with Gasteiger partial charge in [-0.2, -0.15) is 0 Å². The van der Waals surface area contributed by atoms with E-state index in [1.165, 1.54) is 5.56 Å². The molecule has 1 amide bonds. The number of aryl methyl sites for hydroxylation is 1. The summed E-state index contributed by atoms with van der Waals surface area (Å²) in [6.45, 7) is 7.38. The van der Waals surface area contributed by atoms with Crippen LogP contribution in [0.4, 0.5) is 0 Å². The van der Waals surface area contributed by atoms with Gasteiger partial charge in [0.2, 0.25) is 5.91 Å². The summed E-state index contributed by atoms with van der Waals surface area (Å²) in [6.07, 6.45) is 0.956. The Hall–Kier alpha value is -2.17. The second kappa shape index (κ2) is 5.31. The number of rotatable bonds is 3. The molecule has 5 nitrogen and oxygen atoms in total. The predicted octanol–water partition coefficient (Wildman–Crippen LogP) is 2.57. The molecule has 0 radical (unpaired) electrons. The maximum absolute atomic E-state index is 12.5. The van der Waals surface area contributed by atoms with E-state index in [9.17, 15) is 4.79 Å². The van der Waals surface area contributed by atoms with Gasteiger partial charge in [0.25, 0.3) is 0 Å². The molecule has 1 aromatic carbocycles. The minimum atomic E-state index is -0.245. The standard InChI is InChI=1S/C16H20N4O/c1-4-8-19-10-14-17-18-15(20(14)12(3)16(19)21)13-7-5-6-11(2)9-13/h5-7,9,12H,4,8,10H2,1-3H3/t12-/m0/s1. The lowest BCUT2D eigenvalue weighted by Gasteiger charge is -2.31. The second-order valence-corrected chi connectivity index (χ2v) is 5.62. The van der Waals surface area contributed by atoms with Gasteiger partial charge < -0.3 is 4.90 Å². The van der Waals surface area contributed by atoms with Crippen LogP contribution in [0.3, 0.4) is 0 Å². The number of fused-ring (bicyclic) bond motifs is 1. The van der Waals surface area contributed by atoms with E-state index in [-0.39, 0.29) is 11.9 Å². The molecule has 1 aliphatic rings. The lowest BCUT2D eigenvalue weighted by atomic mass is 10.1. The summed E-state index contributed by atoms with van der Waals surface area (Å²) in [6, 6.07) is 7.90. The van der Waals surface area contributed by atoms with Gasteiger partial charge in [0.05, 0.1) is 6.54 Å². The molecule has 2 heterocycles. The molecule has 0 spiro atoms. The minimum Gasteiger partial charge on any atom is -0.333 e. The minimum absolute atomic E-state index is 0.151. The highest BCUT2D eigenvalue weighted by Crippen LogP contribution is 2.28. The third kappa shape index (κ3) is 2.33. The van der Waals surface area contributed by atoms with Gasteiger partial charge in [-0.25, -0.2) is 0 Å². The van der Waals surface area contributed by atoms with E-state index in [1.807, 2.05) is 28.5 Å². The molecule has 3 rings (SSSR count). The first kappa shape index (κ1) is 13.8. The van der Waals surface area contributed by atoms with Crippen molar-refractivity contribution in [2.75, 3.05) is 6.54 Å². The third-order valence-electron chi connectivity index (χ3n) is 3.92. The number of carbonyl (C=O) groups is 1. The lowest BCUT2D eigenvalue weighted by molar-refractivity contribution is -0.136. The zero-order chi connectivity index (χ0) is 15.0. The van der Waals surface area contributed by atoms with Gasteiger partial charge in [-0.1, -0.05) is 30.7 Å². The van der Waals surface area contributed by atoms with E-state index in [0.717, 1.165) is 30.2 Å². The van der Waals surface area contributed by atoms with Crippen LogP contribution in [0.25, 0.3) is 11.4 Å². The fourth-order valence-electron chi connectivity index (χ4n) is 2.90. The van der Waals surface area contributed by atoms with Crippen molar-refractivity contribution in [3.8, 4) is 11.4 Å². The molecule has 0 N–H and O–H groups in total. The lowest BCUT2D eigenvalue weighted by Crippen LogP contribution is -2.42. The first-order chi connectivity index (χ1) is 10.1. The molecule has 0 saturated carbocycles. The van der Waals surface area contributed by atoms with Crippen LogP contribution >= 0.6 is 0 Å². The van der Waals surface area contributed by atoms with Crippen LogP contribution < -0.4 is 0 Å². The number of nitrogens with zero attached hydrogens (tertiary/aromatic N) is 4. The van der Waals surface area contributed by atoms with Crippen LogP contribution in [-0.4, -0.2) is 32.1 Å². The van der Waals surface area contributed by atoms with E-state index in [2.05, 4.69) is 36.2 Å². The van der Waals surface area contributed by atoms with Crippen LogP contribution in [-0.2, 0) is 11.3 Å². The highest BCUT2D eigenvalue weighted by molar-refractivity contribution is 5.82. The molecule has 0 fully saturated rings. The van der Waals surface area contributed by atoms with Crippen molar-refractivity contribution < 1.29 is 4.79 Å². The summed E-state index contributed by atoms with van der Waals surface area (Å²) >= 11 is 0. The molecule has 0 aliphatic carbocycles. The number of hydrogen-bond acceptors (Lipinski definition) is 3. The molecule has 1 aromatic heterocycles. The van der Waals surface area contributed by atoms with Crippen molar-refractivity contribution in [2.45, 2.75) is 39.8 Å². The Morgan fingerprint density at radius 1 is 1.33 bits per heavy atom. The van der Waals surface area contributed by atoms with E-state index in [4.69, 9.17) is 0 Å². The molecule has 2 aromatic rings. The molecule has 0 saturated heterocycles. The Morgan fingerprint density at radius 3 is 2.86 bits per heavy atom. The largest absolute Gasteiger partial charge is 0.333 e.